The lowest BCUT2D eigenvalue weighted by Crippen LogP contribution is -2.49. The van der Waals surface area contributed by atoms with Gasteiger partial charge in [-0.1, -0.05) is 43.4 Å². The van der Waals surface area contributed by atoms with Crippen LogP contribution in [0.5, 0.6) is 11.5 Å². The standard InChI is InChI=1S/C44H53N2O3/c1-11-15-18-30(12-2)27-48-42(47)32-20-17-16-19-31(32)41-35-21-33-28(5)25-43(7,8)45(13-3)37(33)23-39(35)49-40-24-38-34(22-36(40)41)29(6)26-44(9,10)46(38)14-4/h11,15-17,19-26,30H,12-14,18,27H2,1-10H3/q+1/b15-11-. The maximum absolute atomic E-state index is 14.0. The number of likely N-dealkylation sites (N-methyl/N-ethyl adjacent to an activating group) is 2. The monoisotopic (exact) mass is 657 g/mol. The minimum atomic E-state index is -0.294. The number of ether oxygens (including phenoxy) is 2. The molecule has 0 amide bonds. The lowest BCUT2D eigenvalue weighted by molar-refractivity contribution is 0.0437. The number of carbonyl (C=O) groups excluding carboxylic acids is 1. The van der Waals surface area contributed by atoms with Gasteiger partial charge in [-0.2, -0.15) is 0 Å². The van der Waals surface area contributed by atoms with Crippen molar-refractivity contribution >= 4 is 28.4 Å². The van der Waals surface area contributed by atoms with Gasteiger partial charge in [-0.15, -0.1) is 0 Å². The first-order chi connectivity index (χ1) is 23.3. The quantitative estimate of drug-likeness (QED) is 0.102. The Bertz CT molecular complexity index is 2040. The van der Waals surface area contributed by atoms with Crippen molar-refractivity contribution in [3.05, 3.63) is 111 Å². The van der Waals surface area contributed by atoms with Gasteiger partial charge in [0.25, 0.3) is 0 Å². The SMILES string of the molecule is C/C=C\CC(CC)COC(=O)c1ccccc1C1=c2cc3c(cc2Oc2cc4c(cc21)C(C)=CC(C)(C)N4CC)=[N+](CC)C(C)(C)C=C3C. The number of nitrogens with zero attached hydrogens (tertiary/aromatic N) is 2. The van der Waals surface area contributed by atoms with Crippen LogP contribution in [0.1, 0.15) is 115 Å². The third-order valence-electron chi connectivity index (χ3n) is 10.7. The zero-order chi connectivity index (χ0) is 35.2. The van der Waals surface area contributed by atoms with Crippen molar-refractivity contribution in [2.45, 2.75) is 93.2 Å². The molecule has 5 nitrogen and oxygen atoms in total. The molecule has 3 aromatic carbocycles. The number of allylic oxidation sites excluding steroid dienone is 4. The molecule has 0 spiro atoms. The molecular weight excluding hydrogens is 604 g/mol. The molecular formula is C44H53N2O3+. The van der Waals surface area contributed by atoms with Crippen molar-refractivity contribution in [1.82, 2.24) is 4.58 Å². The molecule has 5 heteroatoms. The maximum Gasteiger partial charge on any atom is 0.338 e. The topological polar surface area (TPSA) is 41.8 Å². The van der Waals surface area contributed by atoms with Gasteiger partial charge >= 0.3 is 5.97 Å². The van der Waals surface area contributed by atoms with Crippen LogP contribution < -0.4 is 24.8 Å². The molecule has 0 bridgehead atoms. The second-order valence-corrected chi connectivity index (χ2v) is 14.9. The summed E-state index contributed by atoms with van der Waals surface area (Å²) in [4.78, 5) is 16.4. The van der Waals surface area contributed by atoms with E-state index in [2.05, 4.69) is 126 Å². The van der Waals surface area contributed by atoms with Crippen LogP contribution in [0, 0.1) is 5.92 Å². The van der Waals surface area contributed by atoms with Crippen LogP contribution in [-0.2, 0) is 4.74 Å². The highest BCUT2D eigenvalue weighted by atomic mass is 16.5. The van der Waals surface area contributed by atoms with E-state index in [1.165, 1.54) is 33.3 Å². The normalized spacial score (nSPS) is 17.7. The highest BCUT2D eigenvalue weighted by Gasteiger charge is 2.36. The third-order valence-corrected chi connectivity index (χ3v) is 10.7. The molecule has 0 saturated heterocycles. The average molecular weight is 658 g/mol. The highest BCUT2D eigenvalue weighted by Crippen LogP contribution is 2.46. The molecule has 3 aliphatic rings. The van der Waals surface area contributed by atoms with E-state index in [4.69, 9.17) is 9.47 Å². The number of anilines is 1. The van der Waals surface area contributed by atoms with E-state index in [0.29, 0.717) is 12.2 Å². The fourth-order valence-corrected chi connectivity index (χ4v) is 8.31. The van der Waals surface area contributed by atoms with Gasteiger partial charge in [-0.3, -0.25) is 0 Å². The smallest absolute Gasteiger partial charge is 0.338 e. The summed E-state index contributed by atoms with van der Waals surface area (Å²) in [5.41, 5.74) is 9.17. The summed E-state index contributed by atoms with van der Waals surface area (Å²) in [5, 5.41) is 2.15. The summed E-state index contributed by atoms with van der Waals surface area (Å²) in [5.74, 6) is 1.59. The number of rotatable bonds is 9. The fraction of sp³-hybridized carbons (Fsp3) is 0.409. The van der Waals surface area contributed by atoms with Crippen molar-refractivity contribution in [2.24, 2.45) is 5.92 Å². The number of esters is 1. The minimum Gasteiger partial charge on any atom is -0.462 e. The van der Waals surface area contributed by atoms with Gasteiger partial charge in [0, 0.05) is 59.6 Å². The predicted octanol–water partition coefficient (Wildman–Crippen LogP) is 8.92. The van der Waals surface area contributed by atoms with Crippen molar-refractivity contribution in [1.29, 1.82) is 0 Å². The Hall–Kier alpha value is -4.38. The number of carbonyl (C=O) groups is 1. The Kier molecular flexibility index (Phi) is 9.25. The summed E-state index contributed by atoms with van der Waals surface area (Å²) in [6, 6.07) is 16.9. The van der Waals surface area contributed by atoms with E-state index in [1.54, 1.807) is 0 Å². The van der Waals surface area contributed by atoms with Crippen molar-refractivity contribution in [2.75, 3.05) is 24.6 Å². The van der Waals surface area contributed by atoms with E-state index in [0.717, 1.165) is 59.3 Å². The van der Waals surface area contributed by atoms with Gasteiger partial charge in [0.05, 0.1) is 23.8 Å². The zero-order valence-electron chi connectivity index (χ0n) is 31.2. The first-order valence-corrected chi connectivity index (χ1v) is 18.1. The number of hydrogen-bond acceptors (Lipinski definition) is 4. The third kappa shape index (κ3) is 6.06. The van der Waals surface area contributed by atoms with E-state index in [-0.39, 0.29) is 23.0 Å². The van der Waals surface area contributed by atoms with Crippen LogP contribution in [-0.4, -0.2) is 36.7 Å². The Morgan fingerprint density at radius 3 is 2.35 bits per heavy atom. The molecule has 256 valence electrons. The van der Waals surface area contributed by atoms with E-state index in [1.807, 2.05) is 25.1 Å². The van der Waals surface area contributed by atoms with Gasteiger partial charge in [0.1, 0.15) is 18.0 Å². The lowest BCUT2D eigenvalue weighted by Gasteiger charge is -2.43. The Balaban J connectivity index is 1.63. The fourth-order valence-electron chi connectivity index (χ4n) is 8.31. The molecule has 0 radical (unpaired) electrons. The van der Waals surface area contributed by atoms with Crippen LogP contribution in [0.3, 0.4) is 0 Å². The molecule has 0 N–H and O–H groups in total. The van der Waals surface area contributed by atoms with Crippen molar-refractivity contribution < 1.29 is 14.3 Å². The molecule has 1 unspecified atom stereocenters. The van der Waals surface area contributed by atoms with E-state index >= 15 is 0 Å². The molecule has 0 aliphatic carbocycles. The molecule has 0 aromatic heterocycles. The van der Waals surface area contributed by atoms with E-state index in [9.17, 15) is 4.79 Å². The van der Waals surface area contributed by atoms with Crippen molar-refractivity contribution in [3.8, 4) is 11.5 Å². The van der Waals surface area contributed by atoms with Gasteiger partial charge < -0.3 is 14.4 Å². The molecule has 0 saturated carbocycles. The Labute approximate surface area is 293 Å². The molecule has 3 aliphatic heterocycles. The maximum atomic E-state index is 14.0. The number of benzene rings is 3. The molecule has 3 heterocycles. The van der Waals surface area contributed by atoms with Gasteiger partial charge in [-0.25, -0.2) is 9.37 Å². The van der Waals surface area contributed by atoms with Crippen LogP contribution >= 0.6 is 0 Å². The summed E-state index contributed by atoms with van der Waals surface area (Å²) in [7, 11) is 0. The Morgan fingerprint density at radius 1 is 0.918 bits per heavy atom. The first-order valence-electron chi connectivity index (χ1n) is 18.1. The molecule has 49 heavy (non-hydrogen) atoms. The van der Waals surface area contributed by atoms with Crippen LogP contribution in [0.4, 0.5) is 5.69 Å². The average Bonchev–Trinajstić information content (AvgIpc) is 3.05. The van der Waals surface area contributed by atoms with Crippen molar-refractivity contribution in [3.63, 3.8) is 0 Å². The molecule has 0 fully saturated rings. The number of fused-ring (bicyclic) bond motifs is 4. The molecule has 1 atom stereocenters. The summed E-state index contributed by atoms with van der Waals surface area (Å²) < 4.78 is 15.4. The zero-order valence-corrected chi connectivity index (χ0v) is 31.2. The van der Waals surface area contributed by atoms with E-state index < -0.39 is 0 Å². The van der Waals surface area contributed by atoms with Gasteiger partial charge in [0.2, 0.25) is 5.36 Å². The minimum absolute atomic E-state index is 0.130. The first kappa shape index (κ1) is 34.5. The van der Waals surface area contributed by atoms with Crippen LogP contribution in [0.15, 0.2) is 72.8 Å². The lowest BCUT2D eigenvalue weighted by atomic mass is 9.83. The largest absolute Gasteiger partial charge is 0.462 e. The Morgan fingerprint density at radius 2 is 1.65 bits per heavy atom. The second kappa shape index (κ2) is 13.2. The highest BCUT2D eigenvalue weighted by molar-refractivity contribution is 6.00. The number of hydrogen-bond donors (Lipinski definition) is 0. The predicted molar refractivity (Wildman–Crippen MR) is 204 cm³/mol. The molecule has 3 aromatic rings. The van der Waals surface area contributed by atoms with Gasteiger partial charge in [0.15, 0.2) is 5.54 Å². The second-order valence-electron chi connectivity index (χ2n) is 14.9. The van der Waals surface area contributed by atoms with Crippen LogP contribution in [0.25, 0.3) is 16.7 Å². The molecule has 6 rings (SSSR count). The summed E-state index contributed by atoms with van der Waals surface area (Å²) in [6.45, 7) is 24.2. The van der Waals surface area contributed by atoms with Crippen LogP contribution in [0.2, 0.25) is 0 Å². The summed E-state index contributed by atoms with van der Waals surface area (Å²) >= 11 is 0. The van der Waals surface area contributed by atoms with Gasteiger partial charge in [-0.05, 0) is 108 Å². The summed E-state index contributed by atoms with van der Waals surface area (Å²) in [6.07, 6.45) is 10.8.